The van der Waals surface area contributed by atoms with Crippen LogP contribution in [0, 0.1) is 6.92 Å². The van der Waals surface area contributed by atoms with Crippen molar-refractivity contribution in [2.45, 2.75) is 6.92 Å². The van der Waals surface area contributed by atoms with Crippen LogP contribution in [0.15, 0.2) is 0 Å². The Hall–Kier alpha value is -2.03. The van der Waals surface area contributed by atoms with Crippen LogP contribution in [0.25, 0.3) is 0 Å². The fraction of sp³-hybridized carbons (Fsp3) is 0.375. The summed E-state index contributed by atoms with van der Waals surface area (Å²) in [5, 5.41) is 12.3. The van der Waals surface area contributed by atoms with E-state index in [9.17, 15) is 14.4 Å². The molecule has 0 aliphatic carbocycles. The third-order valence-corrected chi connectivity index (χ3v) is 2.62. The molecule has 0 saturated heterocycles. The van der Waals surface area contributed by atoms with Crippen LogP contribution in [-0.2, 0) is 9.59 Å². The highest BCUT2D eigenvalue weighted by molar-refractivity contribution is 7.07. The summed E-state index contributed by atoms with van der Waals surface area (Å²) in [7, 11) is 0. The summed E-state index contributed by atoms with van der Waals surface area (Å²) in [6.45, 7) is 0.515. The molecule has 9 heteroatoms. The molecule has 1 aromatic heterocycles. The summed E-state index contributed by atoms with van der Waals surface area (Å²) in [5.74, 6) is -2.62. The first-order valence-corrected chi connectivity index (χ1v) is 5.27. The molecule has 0 aliphatic rings. The lowest BCUT2D eigenvalue weighted by atomic mass is 10.3. The van der Waals surface area contributed by atoms with Gasteiger partial charge in [-0.2, -0.15) is 0 Å². The average Bonchev–Trinajstić information content (AvgIpc) is 2.61. The van der Waals surface area contributed by atoms with Gasteiger partial charge < -0.3 is 15.7 Å². The van der Waals surface area contributed by atoms with E-state index >= 15 is 0 Å². The molecule has 0 bridgehead atoms. The Balaban J connectivity index is 2.90. The number of carbonyl (C=O) groups excluding carboxylic acids is 2. The van der Waals surface area contributed by atoms with E-state index in [1.807, 2.05) is 0 Å². The summed E-state index contributed by atoms with van der Waals surface area (Å²) in [6.07, 6.45) is 0. The van der Waals surface area contributed by atoms with Gasteiger partial charge >= 0.3 is 5.97 Å². The van der Waals surface area contributed by atoms with Gasteiger partial charge in [0.25, 0.3) is 5.91 Å². The number of aliphatic carboxylic acids is 1. The fourth-order valence-electron chi connectivity index (χ4n) is 1.12. The number of hydrogen-bond donors (Lipinski definition) is 2. The van der Waals surface area contributed by atoms with Crippen molar-refractivity contribution in [1.82, 2.24) is 14.5 Å². The predicted molar refractivity (Wildman–Crippen MR) is 57.4 cm³/mol. The maximum atomic E-state index is 11.9. The van der Waals surface area contributed by atoms with E-state index in [1.54, 1.807) is 6.92 Å². The van der Waals surface area contributed by atoms with Crippen LogP contribution < -0.4 is 5.73 Å². The molecule has 0 spiro atoms. The molecule has 3 N–H and O–H groups in total. The molecule has 0 saturated carbocycles. The number of hydrogen-bond acceptors (Lipinski definition) is 6. The molecule has 0 aromatic carbocycles. The lowest BCUT2D eigenvalue weighted by Crippen LogP contribution is -2.41. The monoisotopic (exact) mass is 258 g/mol. The third kappa shape index (κ3) is 3.48. The van der Waals surface area contributed by atoms with E-state index in [0.717, 1.165) is 16.4 Å². The van der Waals surface area contributed by atoms with Crippen LogP contribution in [0.4, 0.5) is 0 Å². The van der Waals surface area contributed by atoms with Gasteiger partial charge in [-0.05, 0) is 18.5 Å². The standard InChI is InChI=1S/C8H10N4O4S/c1-4-7(17-11-10-4)8(16)12(2-5(9)13)3-6(14)15/h2-3H2,1H3,(H2,9,13)(H,14,15). The molecular weight excluding hydrogens is 248 g/mol. The Morgan fingerprint density at radius 3 is 2.47 bits per heavy atom. The topological polar surface area (TPSA) is 126 Å². The predicted octanol–water partition coefficient (Wildman–Crippen LogP) is -1.14. The zero-order valence-electron chi connectivity index (χ0n) is 8.91. The minimum Gasteiger partial charge on any atom is -0.480 e. The summed E-state index contributed by atoms with van der Waals surface area (Å²) < 4.78 is 3.56. The van der Waals surface area contributed by atoms with Gasteiger partial charge in [-0.25, -0.2) is 0 Å². The van der Waals surface area contributed by atoms with E-state index in [0.29, 0.717) is 5.69 Å². The highest BCUT2D eigenvalue weighted by Gasteiger charge is 2.23. The highest BCUT2D eigenvalue weighted by Crippen LogP contribution is 2.12. The summed E-state index contributed by atoms with van der Waals surface area (Å²) in [5.41, 5.74) is 5.33. The Bertz CT molecular complexity index is 442. The molecular formula is C8H10N4O4S. The molecule has 92 valence electrons. The zero-order chi connectivity index (χ0) is 13.0. The quantitative estimate of drug-likeness (QED) is 0.687. The minimum absolute atomic E-state index is 0.201. The van der Waals surface area contributed by atoms with Crippen LogP contribution >= 0.6 is 11.5 Å². The maximum absolute atomic E-state index is 11.9. The van der Waals surface area contributed by atoms with Crippen molar-refractivity contribution in [2.24, 2.45) is 5.73 Å². The lowest BCUT2D eigenvalue weighted by Gasteiger charge is -2.17. The van der Waals surface area contributed by atoms with Crippen LogP contribution in [-0.4, -0.2) is 50.5 Å². The van der Waals surface area contributed by atoms with Crippen LogP contribution in [0.2, 0.25) is 0 Å². The molecule has 8 nitrogen and oxygen atoms in total. The largest absolute Gasteiger partial charge is 0.480 e. The molecule has 0 aliphatic heterocycles. The second-order valence-corrected chi connectivity index (χ2v) is 3.96. The molecule has 0 radical (unpaired) electrons. The Labute approximate surface area is 100 Å². The number of carboxylic acid groups (broad SMARTS) is 1. The number of primary amides is 1. The van der Waals surface area contributed by atoms with Gasteiger partial charge in [-0.3, -0.25) is 14.4 Å². The minimum atomic E-state index is -1.23. The van der Waals surface area contributed by atoms with E-state index in [1.165, 1.54) is 0 Å². The number of amides is 2. The molecule has 0 atom stereocenters. The molecule has 1 heterocycles. The molecule has 0 fully saturated rings. The van der Waals surface area contributed by atoms with Crippen molar-refractivity contribution < 1.29 is 19.5 Å². The van der Waals surface area contributed by atoms with Gasteiger partial charge in [0, 0.05) is 0 Å². The van der Waals surface area contributed by atoms with Gasteiger partial charge in [-0.1, -0.05) is 4.49 Å². The number of aromatic nitrogens is 2. The first-order valence-electron chi connectivity index (χ1n) is 4.50. The summed E-state index contributed by atoms with van der Waals surface area (Å²) in [4.78, 5) is 34.3. The van der Waals surface area contributed by atoms with E-state index in [4.69, 9.17) is 10.8 Å². The molecule has 0 unspecified atom stereocenters. The fourth-order valence-corrected chi connectivity index (χ4v) is 1.75. The zero-order valence-corrected chi connectivity index (χ0v) is 9.73. The van der Waals surface area contributed by atoms with Crippen molar-refractivity contribution in [2.75, 3.05) is 13.1 Å². The van der Waals surface area contributed by atoms with Gasteiger partial charge in [-0.15, -0.1) is 5.10 Å². The van der Waals surface area contributed by atoms with E-state index in [-0.39, 0.29) is 4.88 Å². The number of carboxylic acids is 1. The molecule has 2 amide bonds. The summed E-state index contributed by atoms with van der Waals surface area (Å²) in [6, 6.07) is 0. The Morgan fingerprint density at radius 1 is 1.41 bits per heavy atom. The number of rotatable bonds is 5. The second-order valence-electron chi connectivity index (χ2n) is 3.21. The molecule has 1 rings (SSSR count). The second kappa shape index (κ2) is 5.34. The van der Waals surface area contributed by atoms with Crippen LogP contribution in [0.5, 0.6) is 0 Å². The van der Waals surface area contributed by atoms with E-state index < -0.39 is 30.9 Å². The lowest BCUT2D eigenvalue weighted by molar-refractivity contribution is -0.138. The van der Waals surface area contributed by atoms with Gasteiger partial charge in [0.15, 0.2) is 0 Å². The highest BCUT2D eigenvalue weighted by atomic mass is 32.1. The maximum Gasteiger partial charge on any atom is 0.323 e. The van der Waals surface area contributed by atoms with Crippen molar-refractivity contribution in [3.63, 3.8) is 0 Å². The van der Waals surface area contributed by atoms with Gasteiger partial charge in [0.05, 0.1) is 5.69 Å². The van der Waals surface area contributed by atoms with Crippen molar-refractivity contribution >= 4 is 29.3 Å². The smallest absolute Gasteiger partial charge is 0.323 e. The number of carbonyl (C=O) groups is 3. The van der Waals surface area contributed by atoms with E-state index in [2.05, 4.69) is 9.59 Å². The van der Waals surface area contributed by atoms with Gasteiger partial charge in [0.1, 0.15) is 18.0 Å². The van der Waals surface area contributed by atoms with Crippen molar-refractivity contribution in [3.8, 4) is 0 Å². The molecule has 17 heavy (non-hydrogen) atoms. The first-order chi connectivity index (χ1) is 7.91. The Kier molecular flexibility index (Phi) is 4.10. The van der Waals surface area contributed by atoms with Crippen molar-refractivity contribution in [1.29, 1.82) is 0 Å². The Morgan fingerprint density at radius 2 is 2.06 bits per heavy atom. The average molecular weight is 258 g/mol. The molecule has 1 aromatic rings. The number of nitrogens with zero attached hydrogens (tertiary/aromatic N) is 3. The van der Waals surface area contributed by atoms with Crippen molar-refractivity contribution in [3.05, 3.63) is 10.6 Å². The normalized spacial score (nSPS) is 9.94. The first kappa shape index (κ1) is 13.0. The van der Waals surface area contributed by atoms with Crippen LogP contribution in [0.1, 0.15) is 15.4 Å². The SMILES string of the molecule is Cc1nnsc1C(=O)N(CC(N)=O)CC(=O)O. The third-order valence-electron chi connectivity index (χ3n) is 1.81. The number of nitrogens with two attached hydrogens (primary N) is 1. The van der Waals surface area contributed by atoms with Crippen LogP contribution in [0.3, 0.4) is 0 Å². The summed E-state index contributed by atoms with van der Waals surface area (Å²) >= 11 is 0.843. The van der Waals surface area contributed by atoms with Gasteiger partial charge in [0.2, 0.25) is 5.91 Å². The number of aryl methyl sites for hydroxylation is 1.